The molecule has 16 rings (SSSR count). The second-order valence-corrected chi connectivity index (χ2v) is 28.1. The van der Waals surface area contributed by atoms with Gasteiger partial charge in [-0.2, -0.15) is 0 Å². The number of hydrogen-bond acceptors (Lipinski definition) is 35. The van der Waals surface area contributed by atoms with Gasteiger partial charge in [0.05, 0.1) is 33.0 Å². The first-order valence-electron chi connectivity index (χ1n) is 33.6. The molecule has 0 spiro atoms. The lowest BCUT2D eigenvalue weighted by Gasteiger charge is -2.52. The van der Waals surface area contributed by atoms with Crippen LogP contribution in [0.25, 0.3) is 0 Å². The molecule has 2 aliphatic carbocycles. The fourth-order valence-electron chi connectivity index (χ4n) is 16.5. The average molecular weight is 1380 g/mol. The van der Waals surface area contributed by atoms with E-state index in [1.165, 1.54) is 0 Å². The SMILES string of the molecule is CCC1CC2CC(C)CC(CCN3CCCCNC[C@H]4O[C@@H]5OC6C(O)C(O)[C@@H](OC7C(O)C(O)[C@@H](OC8C(CO)O[C@H](OC9C(O)C(O)[C@@H](OC%10C(O)C(O)[C@@H](OC%11C(O)C(O)[C@@H](OC4C(O)C5O)O[C@@H]%11CO)O[C@@H]%10CO)O[C@@H]9C3)C(O)C8O)O[C@@H]7CO)O[C@@H]6CO)(C1)C2. The molecule has 0 radical (unpaired) electrons. The normalized spacial score (nSPS) is 54.0. The Labute approximate surface area is 547 Å². The average Bonchev–Trinajstić information content (AvgIpc) is 0.815. The number of rotatable bonds is 9. The van der Waals surface area contributed by atoms with Crippen molar-refractivity contribution in [3.8, 4) is 0 Å². The quantitative estimate of drug-likeness (QED) is 0.102. The molecule has 95 heavy (non-hydrogen) atoms. The van der Waals surface area contributed by atoms with Gasteiger partial charge in [0, 0.05) is 13.1 Å². The van der Waals surface area contributed by atoms with E-state index in [0.717, 1.165) is 44.9 Å². The Hall–Kier alpha value is -1.40. The van der Waals surface area contributed by atoms with E-state index < -0.39 is 248 Å². The van der Waals surface area contributed by atoms with Crippen LogP contribution in [0.2, 0.25) is 0 Å². The van der Waals surface area contributed by atoms with Crippen LogP contribution in [-0.4, -0.2) is 383 Å². The molecular formula is C60H102N2O33. The Morgan fingerprint density at radius 3 is 1.08 bits per heavy atom. The maximum absolute atomic E-state index is 12.4. The molecule has 0 aromatic heterocycles. The van der Waals surface area contributed by atoms with Crippen LogP contribution in [0.1, 0.15) is 71.6 Å². The molecule has 16 aliphatic rings. The number of ether oxygens (including phenoxy) is 14. The minimum Gasteiger partial charge on any atom is -0.394 e. The molecule has 35 nitrogen and oxygen atoms in total. The van der Waals surface area contributed by atoms with Crippen molar-refractivity contribution in [3.63, 3.8) is 0 Å². The standard InChI is InChI=1S/C60H102N2O33/c1-3-23-11-24-10-22(2)12-60(13-23,14-24)6-9-62-8-5-4-7-61-15-25-46-32(68)39(75)53(82-25)91-48-27(17-63)86-57(43(79)36(48)72)95-52-31(21-67)88-59(45(81)38(52)74)94-51-30(20-66)85-56(42(78)35(51)71)90-47-26(16-62)83-54(40(76)33(47)69)92-49-28(18-64)87-58(44(80)37(49)73)93-50-29(19-65)84-55(89-46)41(77)34(50)70/h22-59,61,63-81H,3-21H2,1-2H3/t22?,23?,24?,25-,26-,27-,28-,29-,30?,31-,32?,33?,34?,35?,36?,37?,38?,39?,40?,41?,42?,43?,44?,45?,46?,47?,48?,49?,50?,51?,52?,53-,54-,55-,56-,57-,58-,59-,60?/m1/s1. The molecular weight excluding hydrogens is 1280 g/mol. The lowest BCUT2D eigenvalue weighted by Crippen LogP contribution is -2.68. The first-order chi connectivity index (χ1) is 45.4. The number of aliphatic hydroxyl groups is 19. The molecule has 20 N–H and O–H groups in total. The lowest BCUT2D eigenvalue weighted by molar-refractivity contribution is -0.396. The number of nitrogens with zero attached hydrogens (tertiary/aromatic N) is 1. The van der Waals surface area contributed by atoms with Gasteiger partial charge in [-0.05, 0) is 94.2 Å². The van der Waals surface area contributed by atoms with Crippen LogP contribution < -0.4 is 5.32 Å². The van der Waals surface area contributed by atoms with Crippen molar-refractivity contribution in [1.82, 2.24) is 10.2 Å². The zero-order chi connectivity index (χ0) is 68.1. The van der Waals surface area contributed by atoms with E-state index in [9.17, 15) is 97.0 Å². The maximum atomic E-state index is 12.4. The van der Waals surface area contributed by atoms with E-state index in [2.05, 4.69) is 24.1 Å². The predicted octanol–water partition coefficient (Wildman–Crippen LogP) is -9.90. The molecule has 16 bridgehead atoms. The van der Waals surface area contributed by atoms with Crippen molar-refractivity contribution in [1.29, 1.82) is 0 Å². The van der Waals surface area contributed by atoms with Crippen LogP contribution in [0, 0.1) is 23.2 Å². The molecule has 550 valence electrons. The van der Waals surface area contributed by atoms with Crippen LogP contribution in [-0.2, 0) is 66.3 Å². The summed E-state index contributed by atoms with van der Waals surface area (Å²) in [5.74, 6) is 1.50. The summed E-state index contributed by atoms with van der Waals surface area (Å²) >= 11 is 0. The zero-order valence-corrected chi connectivity index (χ0v) is 53.0. The highest BCUT2D eigenvalue weighted by atomic mass is 16.8. The number of nitrogens with one attached hydrogen (secondary N) is 1. The maximum Gasteiger partial charge on any atom is 0.187 e. The van der Waals surface area contributed by atoms with E-state index in [4.69, 9.17) is 66.3 Å². The van der Waals surface area contributed by atoms with Gasteiger partial charge in [0.2, 0.25) is 0 Å². The van der Waals surface area contributed by atoms with Gasteiger partial charge in [0.1, 0.15) is 171 Å². The molecule has 2 saturated carbocycles. The van der Waals surface area contributed by atoms with Crippen molar-refractivity contribution >= 4 is 0 Å². The minimum absolute atomic E-state index is 0.0417. The molecule has 14 aliphatic heterocycles. The summed E-state index contributed by atoms with van der Waals surface area (Å²) in [5.41, 5.74) is -0.0417. The van der Waals surface area contributed by atoms with Gasteiger partial charge in [-0.25, -0.2) is 0 Å². The van der Waals surface area contributed by atoms with E-state index in [1.807, 2.05) is 0 Å². The van der Waals surface area contributed by atoms with Gasteiger partial charge >= 0.3 is 0 Å². The van der Waals surface area contributed by atoms with E-state index in [-0.39, 0.29) is 25.0 Å². The summed E-state index contributed by atoms with van der Waals surface area (Å²) in [6.45, 7) is 0.138. The fraction of sp³-hybridized carbons (Fsp3) is 1.00. The van der Waals surface area contributed by atoms with Gasteiger partial charge < -0.3 is 174 Å². The Balaban J connectivity index is 0.977. The topological polar surface area (TPSA) is 529 Å². The molecule has 0 aromatic rings. The Bertz CT molecular complexity index is 2380. The Morgan fingerprint density at radius 1 is 0.379 bits per heavy atom. The summed E-state index contributed by atoms with van der Waals surface area (Å²) in [5, 5.41) is 223. The van der Waals surface area contributed by atoms with Crippen molar-refractivity contribution in [2.75, 3.05) is 65.8 Å². The van der Waals surface area contributed by atoms with Crippen LogP contribution >= 0.6 is 0 Å². The molecule has 14 saturated heterocycles. The number of hydrogen-bond donors (Lipinski definition) is 20. The summed E-state index contributed by atoms with van der Waals surface area (Å²) in [4.78, 5) is 2.08. The van der Waals surface area contributed by atoms with Gasteiger partial charge in [0.15, 0.2) is 44.0 Å². The predicted molar refractivity (Wildman–Crippen MR) is 309 cm³/mol. The molecule has 0 amide bonds. The highest BCUT2D eigenvalue weighted by Crippen LogP contribution is 2.55. The summed E-state index contributed by atoms with van der Waals surface area (Å²) < 4.78 is 85.2. The fourth-order valence-corrected chi connectivity index (χ4v) is 16.5. The van der Waals surface area contributed by atoms with Crippen LogP contribution in [0.5, 0.6) is 0 Å². The van der Waals surface area contributed by atoms with Crippen LogP contribution in [0.3, 0.4) is 0 Å². The summed E-state index contributed by atoms with van der Waals surface area (Å²) in [6, 6.07) is 0. The van der Waals surface area contributed by atoms with Gasteiger partial charge in [0.25, 0.3) is 0 Å². The van der Waals surface area contributed by atoms with E-state index in [1.54, 1.807) is 0 Å². The Kier molecular flexibility index (Phi) is 25.3. The van der Waals surface area contributed by atoms with Crippen LogP contribution in [0.15, 0.2) is 0 Å². The van der Waals surface area contributed by atoms with Crippen molar-refractivity contribution < 1.29 is 163 Å². The summed E-state index contributed by atoms with van der Waals surface area (Å²) in [7, 11) is 0. The minimum atomic E-state index is -2.17. The van der Waals surface area contributed by atoms with Gasteiger partial charge in [-0.15, -0.1) is 0 Å². The Morgan fingerprint density at radius 2 is 0.716 bits per heavy atom. The molecule has 35 heteroatoms. The molecule has 16 fully saturated rings. The molecule has 26 unspecified atom stereocenters. The highest BCUT2D eigenvalue weighted by molar-refractivity contribution is 5.03. The monoisotopic (exact) mass is 1380 g/mol. The third kappa shape index (κ3) is 15.6. The largest absolute Gasteiger partial charge is 0.394 e. The summed E-state index contributed by atoms with van der Waals surface area (Å²) in [6.07, 6.45) is -59.5. The molecule has 0 aromatic carbocycles. The van der Waals surface area contributed by atoms with Crippen LogP contribution in [0.4, 0.5) is 0 Å². The van der Waals surface area contributed by atoms with Crippen molar-refractivity contribution in [2.45, 2.75) is 287 Å². The van der Waals surface area contributed by atoms with Gasteiger partial charge in [-0.1, -0.05) is 20.3 Å². The second-order valence-electron chi connectivity index (χ2n) is 28.1. The zero-order valence-electron chi connectivity index (χ0n) is 53.0. The van der Waals surface area contributed by atoms with E-state index in [0.29, 0.717) is 43.7 Å². The third-order valence-corrected chi connectivity index (χ3v) is 21.4. The molecule has 39 atom stereocenters. The van der Waals surface area contributed by atoms with Gasteiger partial charge in [-0.3, -0.25) is 0 Å². The highest BCUT2D eigenvalue weighted by Gasteiger charge is 2.60. The van der Waals surface area contributed by atoms with E-state index >= 15 is 0 Å². The third-order valence-electron chi connectivity index (χ3n) is 21.4. The lowest BCUT2D eigenvalue weighted by atomic mass is 9.55. The van der Waals surface area contributed by atoms with Crippen molar-refractivity contribution in [3.05, 3.63) is 0 Å². The second kappa shape index (κ2) is 32.1. The number of fused-ring (bicyclic) bond motifs is 7. The molecule has 14 heterocycles. The van der Waals surface area contributed by atoms with Crippen molar-refractivity contribution in [2.24, 2.45) is 23.2 Å². The smallest absolute Gasteiger partial charge is 0.187 e. The first-order valence-corrected chi connectivity index (χ1v) is 33.6. The first kappa shape index (κ1) is 74.8. The number of aliphatic hydroxyl groups excluding tert-OH is 19.